The van der Waals surface area contributed by atoms with Gasteiger partial charge in [-0.15, -0.1) is 0 Å². The maximum atomic E-state index is 11.3. The molecule has 1 aromatic heterocycles. The molecule has 3 aromatic rings. The molecule has 1 heterocycles. The molecule has 0 saturated heterocycles. The van der Waals surface area contributed by atoms with Crippen LogP contribution in [0.2, 0.25) is 0 Å². The highest BCUT2D eigenvalue weighted by Crippen LogP contribution is 2.22. The number of aryl methyl sites for hydroxylation is 1. The topological polar surface area (TPSA) is 55.6 Å². The highest BCUT2D eigenvalue weighted by atomic mass is 35.5. The fourth-order valence-electron chi connectivity index (χ4n) is 2.84. The third-order valence-electron chi connectivity index (χ3n) is 4.45. The van der Waals surface area contributed by atoms with Crippen LogP contribution in [-0.4, -0.2) is 28.4 Å². The molecule has 0 radical (unpaired) electrons. The zero-order valence-corrected chi connectivity index (χ0v) is 16.8. The van der Waals surface area contributed by atoms with E-state index in [1.54, 1.807) is 4.90 Å². The monoisotopic (exact) mass is 398 g/mol. The Balaban J connectivity index is 1.54. The Morgan fingerprint density at radius 3 is 2.50 bits per heavy atom. The molecule has 0 atom stereocenters. The SMILES string of the molecule is CCN(Cc1ccc(OCCc2nc(-c3ccccc3)oc2C)cc1)C(=O)Cl. The summed E-state index contributed by atoms with van der Waals surface area (Å²) in [6.45, 7) is 5.37. The number of halogens is 1. The van der Waals surface area contributed by atoms with Gasteiger partial charge in [-0.05, 0) is 55.3 Å². The molecule has 0 N–H and O–H groups in total. The molecule has 5 nitrogen and oxygen atoms in total. The Kier molecular flexibility index (Phi) is 6.71. The van der Waals surface area contributed by atoms with Crippen molar-refractivity contribution in [3.63, 3.8) is 0 Å². The molecule has 0 aliphatic heterocycles. The average Bonchev–Trinajstić information content (AvgIpc) is 3.08. The number of hydrogen-bond acceptors (Lipinski definition) is 4. The number of rotatable bonds is 8. The summed E-state index contributed by atoms with van der Waals surface area (Å²) in [6.07, 6.45) is 0.661. The summed E-state index contributed by atoms with van der Waals surface area (Å²) in [6, 6.07) is 17.5. The van der Waals surface area contributed by atoms with Crippen LogP contribution in [0.25, 0.3) is 11.5 Å². The predicted molar refractivity (Wildman–Crippen MR) is 110 cm³/mol. The minimum atomic E-state index is -0.444. The van der Waals surface area contributed by atoms with Crippen molar-refractivity contribution >= 4 is 17.0 Å². The van der Waals surface area contributed by atoms with Crippen LogP contribution in [0.15, 0.2) is 59.0 Å². The summed E-state index contributed by atoms with van der Waals surface area (Å²) in [5.74, 6) is 2.21. The van der Waals surface area contributed by atoms with E-state index in [-0.39, 0.29) is 0 Å². The molecular weight excluding hydrogens is 376 g/mol. The first-order valence-electron chi connectivity index (χ1n) is 9.24. The van der Waals surface area contributed by atoms with Crippen molar-refractivity contribution in [2.45, 2.75) is 26.8 Å². The molecule has 0 spiro atoms. The number of carbonyl (C=O) groups is 1. The van der Waals surface area contributed by atoms with E-state index in [0.29, 0.717) is 32.0 Å². The number of nitrogens with zero attached hydrogens (tertiary/aromatic N) is 2. The lowest BCUT2D eigenvalue weighted by Gasteiger charge is -2.17. The average molecular weight is 399 g/mol. The predicted octanol–water partition coefficient (Wildman–Crippen LogP) is 5.45. The maximum absolute atomic E-state index is 11.3. The molecule has 3 rings (SSSR count). The molecule has 0 aliphatic rings. The number of amides is 1. The molecule has 0 unspecified atom stereocenters. The first-order chi connectivity index (χ1) is 13.6. The van der Waals surface area contributed by atoms with Gasteiger partial charge in [0.25, 0.3) is 0 Å². The van der Waals surface area contributed by atoms with Gasteiger partial charge in [0.15, 0.2) is 0 Å². The van der Waals surface area contributed by atoms with E-state index in [2.05, 4.69) is 4.98 Å². The minimum Gasteiger partial charge on any atom is -0.493 e. The number of ether oxygens (including phenoxy) is 1. The minimum absolute atomic E-state index is 0.444. The number of aromatic nitrogens is 1. The van der Waals surface area contributed by atoms with Crippen LogP contribution in [0, 0.1) is 6.92 Å². The van der Waals surface area contributed by atoms with E-state index in [0.717, 1.165) is 28.3 Å². The quantitative estimate of drug-likeness (QED) is 0.374. The molecule has 0 bridgehead atoms. The number of oxazole rings is 1. The van der Waals surface area contributed by atoms with Crippen LogP contribution < -0.4 is 4.74 Å². The lowest BCUT2D eigenvalue weighted by molar-refractivity contribution is 0.222. The number of benzene rings is 2. The summed E-state index contributed by atoms with van der Waals surface area (Å²) in [5.41, 5.74) is 2.86. The fourth-order valence-corrected chi connectivity index (χ4v) is 3.02. The lowest BCUT2D eigenvalue weighted by atomic mass is 10.2. The van der Waals surface area contributed by atoms with E-state index >= 15 is 0 Å². The van der Waals surface area contributed by atoms with Crippen molar-refractivity contribution in [2.75, 3.05) is 13.2 Å². The van der Waals surface area contributed by atoms with Gasteiger partial charge in [-0.3, -0.25) is 4.79 Å². The van der Waals surface area contributed by atoms with Gasteiger partial charge in [-0.25, -0.2) is 4.98 Å². The molecule has 0 fully saturated rings. The Morgan fingerprint density at radius 2 is 1.86 bits per heavy atom. The van der Waals surface area contributed by atoms with Crippen LogP contribution in [-0.2, 0) is 13.0 Å². The van der Waals surface area contributed by atoms with Gasteiger partial charge in [0.2, 0.25) is 5.89 Å². The third kappa shape index (κ3) is 5.14. The molecule has 0 aliphatic carbocycles. The summed E-state index contributed by atoms with van der Waals surface area (Å²) in [4.78, 5) is 17.4. The second kappa shape index (κ2) is 9.42. The van der Waals surface area contributed by atoms with Crippen LogP contribution in [0.4, 0.5) is 4.79 Å². The van der Waals surface area contributed by atoms with Gasteiger partial charge in [-0.1, -0.05) is 30.3 Å². The molecular formula is C22H23ClN2O3. The Bertz CT molecular complexity index is 907. The third-order valence-corrected chi connectivity index (χ3v) is 4.69. The van der Waals surface area contributed by atoms with Gasteiger partial charge in [0.1, 0.15) is 11.5 Å². The van der Waals surface area contributed by atoms with Crippen LogP contribution >= 0.6 is 11.6 Å². The summed E-state index contributed by atoms with van der Waals surface area (Å²) < 4.78 is 11.6. The van der Waals surface area contributed by atoms with Gasteiger partial charge in [-0.2, -0.15) is 0 Å². The first kappa shape index (κ1) is 20.0. The molecule has 1 amide bonds. The van der Waals surface area contributed by atoms with E-state index in [4.69, 9.17) is 20.8 Å². The Labute approximate surface area is 169 Å². The summed E-state index contributed by atoms with van der Waals surface area (Å²) in [5, 5.41) is -0.444. The Hall–Kier alpha value is -2.79. The molecule has 0 saturated carbocycles. The fraction of sp³-hybridized carbons (Fsp3) is 0.273. The van der Waals surface area contributed by atoms with Crippen molar-refractivity contribution in [2.24, 2.45) is 0 Å². The van der Waals surface area contributed by atoms with Gasteiger partial charge >= 0.3 is 5.37 Å². The second-order valence-corrected chi connectivity index (χ2v) is 6.72. The van der Waals surface area contributed by atoms with Crippen LogP contribution in [0.3, 0.4) is 0 Å². The highest BCUT2D eigenvalue weighted by Gasteiger charge is 2.12. The number of hydrogen-bond donors (Lipinski definition) is 0. The lowest BCUT2D eigenvalue weighted by Crippen LogP contribution is -2.25. The molecule has 146 valence electrons. The zero-order chi connectivity index (χ0) is 19.9. The van der Waals surface area contributed by atoms with Crippen LogP contribution in [0.1, 0.15) is 23.9 Å². The summed E-state index contributed by atoms with van der Waals surface area (Å²) >= 11 is 5.55. The van der Waals surface area contributed by atoms with E-state index in [1.165, 1.54) is 0 Å². The van der Waals surface area contributed by atoms with Crippen molar-refractivity contribution in [1.29, 1.82) is 0 Å². The van der Waals surface area contributed by atoms with E-state index < -0.39 is 5.37 Å². The molecule has 6 heteroatoms. The normalized spacial score (nSPS) is 10.7. The van der Waals surface area contributed by atoms with E-state index in [9.17, 15) is 4.79 Å². The largest absolute Gasteiger partial charge is 0.493 e. The molecule has 28 heavy (non-hydrogen) atoms. The zero-order valence-electron chi connectivity index (χ0n) is 16.0. The van der Waals surface area contributed by atoms with Gasteiger partial charge < -0.3 is 14.1 Å². The highest BCUT2D eigenvalue weighted by molar-refractivity contribution is 6.62. The van der Waals surface area contributed by atoms with Crippen molar-refractivity contribution in [3.05, 3.63) is 71.6 Å². The van der Waals surface area contributed by atoms with Crippen LogP contribution in [0.5, 0.6) is 5.75 Å². The second-order valence-electron chi connectivity index (χ2n) is 6.40. The van der Waals surface area contributed by atoms with E-state index in [1.807, 2.05) is 68.4 Å². The smallest absolute Gasteiger partial charge is 0.316 e. The number of carbonyl (C=O) groups excluding carboxylic acids is 1. The maximum Gasteiger partial charge on any atom is 0.316 e. The van der Waals surface area contributed by atoms with Gasteiger partial charge in [0.05, 0.1) is 12.3 Å². The van der Waals surface area contributed by atoms with Gasteiger partial charge in [0, 0.05) is 25.1 Å². The van der Waals surface area contributed by atoms with Crippen molar-refractivity contribution in [3.8, 4) is 17.2 Å². The Morgan fingerprint density at radius 1 is 1.14 bits per heavy atom. The van der Waals surface area contributed by atoms with Crippen molar-refractivity contribution < 1.29 is 13.9 Å². The van der Waals surface area contributed by atoms with Crippen molar-refractivity contribution in [1.82, 2.24) is 9.88 Å². The summed E-state index contributed by atoms with van der Waals surface area (Å²) in [7, 11) is 0. The standard InChI is InChI=1S/C22H23ClN2O3/c1-3-25(22(23)26)15-17-9-11-19(12-10-17)27-14-13-20-16(2)28-21(24-20)18-7-5-4-6-8-18/h4-12H,3,13-15H2,1-2H3. The first-order valence-corrected chi connectivity index (χ1v) is 9.62. The molecule has 2 aromatic carbocycles.